The van der Waals surface area contributed by atoms with Crippen LogP contribution >= 0.6 is 0 Å². The minimum atomic E-state index is 0.115. The van der Waals surface area contributed by atoms with Crippen LogP contribution in [0.2, 0.25) is 0 Å². The van der Waals surface area contributed by atoms with Crippen molar-refractivity contribution in [3.8, 4) is 0 Å². The van der Waals surface area contributed by atoms with Gasteiger partial charge in [-0.1, -0.05) is 6.08 Å². The maximum atomic E-state index is 12.7. The number of carbonyl (C=O) groups excluding carboxylic acids is 1. The molecule has 1 saturated heterocycles. The zero-order chi connectivity index (χ0) is 13.4. The van der Waals surface area contributed by atoms with Crippen LogP contribution in [0.4, 0.5) is 0 Å². The monoisotopic (exact) mass is 263 g/mol. The van der Waals surface area contributed by atoms with Gasteiger partial charge in [-0.3, -0.25) is 9.69 Å². The lowest BCUT2D eigenvalue weighted by Crippen LogP contribution is -2.53. The van der Waals surface area contributed by atoms with Gasteiger partial charge < -0.3 is 10.6 Å². The molecule has 0 aromatic carbocycles. The second kappa shape index (κ2) is 5.25. The Morgan fingerprint density at radius 3 is 2.47 bits per heavy atom. The summed E-state index contributed by atoms with van der Waals surface area (Å²) >= 11 is 0. The van der Waals surface area contributed by atoms with Crippen molar-refractivity contribution in [2.75, 3.05) is 32.7 Å². The maximum Gasteiger partial charge on any atom is 0.227 e. The maximum absolute atomic E-state index is 12.7. The number of rotatable bonds is 3. The lowest BCUT2D eigenvalue weighted by atomic mass is 9.84. The zero-order valence-electron chi connectivity index (χ0n) is 11.6. The molecular formula is C15H25N3O. The minimum absolute atomic E-state index is 0.115. The van der Waals surface area contributed by atoms with Crippen molar-refractivity contribution in [1.29, 1.82) is 0 Å². The number of carbonyl (C=O) groups is 1. The van der Waals surface area contributed by atoms with Crippen LogP contribution in [0.15, 0.2) is 12.7 Å². The third kappa shape index (κ3) is 2.32. The van der Waals surface area contributed by atoms with Crippen LogP contribution < -0.4 is 5.73 Å². The van der Waals surface area contributed by atoms with E-state index in [1.165, 1.54) is 19.3 Å². The van der Waals surface area contributed by atoms with Gasteiger partial charge in [-0.15, -0.1) is 6.58 Å². The summed E-state index contributed by atoms with van der Waals surface area (Å²) in [5, 5.41) is 0. The van der Waals surface area contributed by atoms with E-state index in [2.05, 4.69) is 11.5 Å². The fourth-order valence-electron chi connectivity index (χ4n) is 4.25. The molecule has 0 aromatic rings. The van der Waals surface area contributed by atoms with E-state index in [1.54, 1.807) is 0 Å². The van der Waals surface area contributed by atoms with Gasteiger partial charge in [-0.2, -0.15) is 0 Å². The average Bonchev–Trinajstić information content (AvgIpc) is 3.00. The minimum Gasteiger partial charge on any atom is -0.340 e. The summed E-state index contributed by atoms with van der Waals surface area (Å²) in [6, 6.07) is 0.123. The molecule has 2 bridgehead atoms. The summed E-state index contributed by atoms with van der Waals surface area (Å²) < 4.78 is 0. The number of amides is 1. The van der Waals surface area contributed by atoms with E-state index >= 15 is 0 Å². The van der Waals surface area contributed by atoms with Crippen LogP contribution in [-0.4, -0.2) is 54.5 Å². The molecule has 0 spiro atoms. The number of fused-ring (bicyclic) bond motifs is 2. The highest BCUT2D eigenvalue weighted by molar-refractivity contribution is 5.80. The SMILES string of the molecule is C=CCN1CCN(C(=O)C2C3CCC(C3)C2N)CC1. The van der Waals surface area contributed by atoms with E-state index in [4.69, 9.17) is 5.73 Å². The Morgan fingerprint density at radius 1 is 1.21 bits per heavy atom. The molecule has 106 valence electrons. The van der Waals surface area contributed by atoms with E-state index in [1.807, 2.05) is 11.0 Å². The van der Waals surface area contributed by atoms with Crippen LogP contribution in [0.25, 0.3) is 0 Å². The van der Waals surface area contributed by atoms with E-state index in [-0.39, 0.29) is 12.0 Å². The average molecular weight is 263 g/mol. The van der Waals surface area contributed by atoms with Crippen molar-refractivity contribution in [2.45, 2.75) is 25.3 Å². The molecule has 4 nitrogen and oxygen atoms in total. The highest BCUT2D eigenvalue weighted by Crippen LogP contribution is 2.48. The Bertz CT molecular complexity index is 360. The van der Waals surface area contributed by atoms with E-state index in [0.717, 1.165) is 32.7 Å². The van der Waals surface area contributed by atoms with Gasteiger partial charge in [-0.25, -0.2) is 0 Å². The van der Waals surface area contributed by atoms with Gasteiger partial charge in [0, 0.05) is 38.8 Å². The molecule has 3 aliphatic rings. The van der Waals surface area contributed by atoms with Gasteiger partial charge in [0.15, 0.2) is 0 Å². The summed E-state index contributed by atoms with van der Waals surface area (Å²) in [7, 11) is 0. The van der Waals surface area contributed by atoms with Crippen LogP contribution in [0.3, 0.4) is 0 Å². The summed E-state index contributed by atoms with van der Waals surface area (Å²) in [6.07, 6.45) is 5.57. The van der Waals surface area contributed by atoms with Gasteiger partial charge in [0.25, 0.3) is 0 Å². The first-order chi connectivity index (χ1) is 9.20. The van der Waals surface area contributed by atoms with Gasteiger partial charge >= 0.3 is 0 Å². The van der Waals surface area contributed by atoms with Gasteiger partial charge in [0.1, 0.15) is 0 Å². The molecule has 19 heavy (non-hydrogen) atoms. The predicted molar refractivity (Wildman–Crippen MR) is 75.5 cm³/mol. The molecule has 0 aromatic heterocycles. The van der Waals surface area contributed by atoms with E-state index < -0.39 is 0 Å². The van der Waals surface area contributed by atoms with Crippen molar-refractivity contribution in [2.24, 2.45) is 23.5 Å². The second-order valence-corrected chi connectivity index (χ2v) is 6.35. The topological polar surface area (TPSA) is 49.6 Å². The molecule has 4 atom stereocenters. The van der Waals surface area contributed by atoms with Crippen LogP contribution in [0.5, 0.6) is 0 Å². The molecular weight excluding hydrogens is 238 g/mol. The predicted octanol–water partition coefficient (Wildman–Crippen LogP) is 0.690. The van der Waals surface area contributed by atoms with Crippen molar-refractivity contribution in [1.82, 2.24) is 9.80 Å². The third-order valence-electron chi connectivity index (χ3n) is 5.34. The Morgan fingerprint density at radius 2 is 1.89 bits per heavy atom. The summed E-state index contributed by atoms with van der Waals surface area (Å²) in [6.45, 7) is 8.34. The highest BCUT2D eigenvalue weighted by Gasteiger charge is 2.50. The largest absolute Gasteiger partial charge is 0.340 e. The first-order valence-corrected chi connectivity index (χ1v) is 7.58. The molecule has 3 fully saturated rings. The molecule has 1 aliphatic heterocycles. The molecule has 0 radical (unpaired) electrons. The lowest BCUT2D eigenvalue weighted by molar-refractivity contribution is -0.139. The van der Waals surface area contributed by atoms with E-state index in [9.17, 15) is 4.79 Å². The fraction of sp³-hybridized carbons (Fsp3) is 0.800. The Labute approximate surface area is 115 Å². The lowest BCUT2D eigenvalue weighted by Gasteiger charge is -2.38. The first kappa shape index (κ1) is 13.1. The van der Waals surface area contributed by atoms with Gasteiger partial charge in [-0.05, 0) is 31.1 Å². The molecule has 2 aliphatic carbocycles. The molecule has 1 amide bonds. The van der Waals surface area contributed by atoms with Crippen molar-refractivity contribution in [3.05, 3.63) is 12.7 Å². The zero-order valence-corrected chi connectivity index (χ0v) is 11.6. The third-order valence-corrected chi connectivity index (χ3v) is 5.34. The molecule has 4 unspecified atom stereocenters. The Kier molecular flexibility index (Phi) is 3.63. The normalized spacial score (nSPS) is 38.7. The quantitative estimate of drug-likeness (QED) is 0.762. The summed E-state index contributed by atoms with van der Waals surface area (Å²) in [4.78, 5) is 17.1. The number of nitrogens with zero attached hydrogens (tertiary/aromatic N) is 2. The summed E-state index contributed by atoms with van der Waals surface area (Å²) in [5.74, 6) is 1.63. The number of hydrogen-bond acceptors (Lipinski definition) is 3. The molecule has 4 heteroatoms. The molecule has 2 N–H and O–H groups in total. The highest BCUT2D eigenvalue weighted by atomic mass is 16.2. The number of nitrogens with two attached hydrogens (primary N) is 1. The van der Waals surface area contributed by atoms with Crippen molar-refractivity contribution >= 4 is 5.91 Å². The molecule has 1 heterocycles. The first-order valence-electron chi connectivity index (χ1n) is 7.58. The second-order valence-electron chi connectivity index (χ2n) is 6.35. The van der Waals surface area contributed by atoms with Crippen molar-refractivity contribution < 1.29 is 4.79 Å². The van der Waals surface area contributed by atoms with Crippen LogP contribution in [0.1, 0.15) is 19.3 Å². The smallest absolute Gasteiger partial charge is 0.227 e. The van der Waals surface area contributed by atoms with Gasteiger partial charge in [0.05, 0.1) is 5.92 Å². The summed E-state index contributed by atoms with van der Waals surface area (Å²) in [5.41, 5.74) is 6.28. The van der Waals surface area contributed by atoms with E-state index in [0.29, 0.717) is 17.7 Å². The van der Waals surface area contributed by atoms with Crippen LogP contribution in [-0.2, 0) is 4.79 Å². The van der Waals surface area contributed by atoms with Crippen molar-refractivity contribution in [3.63, 3.8) is 0 Å². The number of piperazine rings is 1. The van der Waals surface area contributed by atoms with Gasteiger partial charge in [0.2, 0.25) is 5.91 Å². The molecule has 2 saturated carbocycles. The van der Waals surface area contributed by atoms with Crippen LogP contribution in [0, 0.1) is 17.8 Å². The standard InChI is InChI=1S/C15H25N3O/c1-2-5-17-6-8-18(9-7-17)15(19)13-11-3-4-12(10-11)14(13)16/h2,11-14H,1,3-10,16H2. The Hall–Kier alpha value is -0.870. The number of hydrogen-bond donors (Lipinski definition) is 1. The fourth-order valence-corrected chi connectivity index (χ4v) is 4.25. The molecule has 3 rings (SSSR count). The Balaban J connectivity index is 1.58.